The molecule has 0 bridgehead atoms. The highest BCUT2D eigenvalue weighted by Crippen LogP contribution is 2.43. The van der Waals surface area contributed by atoms with Gasteiger partial charge in [0.05, 0.1) is 24.2 Å². The van der Waals surface area contributed by atoms with Gasteiger partial charge < -0.3 is 15.8 Å². The van der Waals surface area contributed by atoms with Gasteiger partial charge in [0.15, 0.2) is 11.5 Å². The molecule has 1 aliphatic heterocycles. The van der Waals surface area contributed by atoms with Crippen LogP contribution in [0.3, 0.4) is 0 Å². The summed E-state index contributed by atoms with van der Waals surface area (Å²) in [5, 5.41) is 7.95. The molecule has 162 valence electrons. The number of nitrogen functional groups attached to an aromatic ring is 1. The molecule has 5 rings (SSSR count). The summed E-state index contributed by atoms with van der Waals surface area (Å²) in [7, 11) is 0. The summed E-state index contributed by atoms with van der Waals surface area (Å²) in [5.41, 5.74) is 7.30. The predicted octanol–water partition coefficient (Wildman–Crippen LogP) is 3.07. The molecule has 0 saturated carbocycles. The molecule has 1 aromatic carbocycles. The van der Waals surface area contributed by atoms with E-state index in [1.165, 1.54) is 16.8 Å². The SMILES string of the molecule is CC1(C)c2c(N)nc(-c3nn(Cc4ccccc4F)c4ncc(F)cc34)nc2NC1C=O. The van der Waals surface area contributed by atoms with E-state index in [-0.39, 0.29) is 29.7 Å². The summed E-state index contributed by atoms with van der Waals surface area (Å²) in [6.45, 7) is 3.84. The van der Waals surface area contributed by atoms with Crippen LogP contribution in [0.4, 0.5) is 20.4 Å². The fourth-order valence-corrected chi connectivity index (χ4v) is 4.11. The van der Waals surface area contributed by atoms with E-state index in [4.69, 9.17) is 5.73 Å². The number of nitrogens with one attached hydrogen (secondary N) is 1. The lowest BCUT2D eigenvalue weighted by Gasteiger charge is -2.23. The molecule has 1 atom stereocenters. The predicted molar refractivity (Wildman–Crippen MR) is 115 cm³/mol. The molecule has 1 unspecified atom stereocenters. The first-order chi connectivity index (χ1) is 15.3. The topological polar surface area (TPSA) is 112 Å². The molecule has 10 heteroatoms. The molecule has 0 radical (unpaired) electrons. The number of benzene rings is 1. The highest BCUT2D eigenvalue weighted by atomic mass is 19.1. The Kier molecular flexibility index (Phi) is 4.40. The first kappa shape index (κ1) is 20.0. The maximum absolute atomic E-state index is 14.2. The Bertz CT molecular complexity index is 1380. The van der Waals surface area contributed by atoms with Crippen molar-refractivity contribution in [2.45, 2.75) is 31.8 Å². The van der Waals surface area contributed by atoms with Gasteiger partial charge in [0.1, 0.15) is 35.3 Å². The summed E-state index contributed by atoms with van der Waals surface area (Å²) in [6.07, 6.45) is 1.88. The van der Waals surface area contributed by atoms with Crippen molar-refractivity contribution in [3.8, 4) is 11.5 Å². The number of nitrogens with zero attached hydrogens (tertiary/aromatic N) is 5. The Balaban J connectivity index is 1.68. The third kappa shape index (κ3) is 2.98. The van der Waals surface area contributed by atoms with Gasteiger partial charge in [0.25, 0.3) is 0 Å². The Hall–Kier alpha value is -3.95. The largest absolute Gasteiger partial charge is 0.383 e. The van der Waals surface area contributed by atoms with Gasteiger partial charge in [-0.05, 0) is 12.1 Å². The smallest absolute Gasteiger partial charge is 0.184 e. The summed E-state index contributed by atoms with van der Waals surface area (Å²) >= 11 is 0. The Labute approximate surface area is 181 Å². The Morgan fingerprint density at radius 1 is 1.25 bits per heavy atom. The molecule has 3 aromatic heterocycles. The molecule has 1 aliphatic rings. The Morgan fingerprint density at radius 3 is 2.78 bits per heavy atom. The third-order valence-electron chi connectivity index (χ3n) is 5.83. The minimum absolute atomic E-state index is 0.0841. The summed E-state index contributed by atoms with van der Waals surface area (Å²) in [5.74, 6) is -0.160. The molecule has 4 aromatic rings. The van der Waals surface area contributed by atoms with E-state index in [1.807, 2.05) is 13.8 Å². The lowest BCUT2D eigenvalue weighted by Crippen LogP contribution is -2.34. The van der Waals surface area contributed by atoms with Crippen molar-refractivity contribution in [1.82, 2.24) is 24.7 Å². The zero-order valence-electron chi connectivity index (χ0n) is 17.3. The fraction of sp³-hybridized carbons (Fsp3) is 0.227. The molecule has 3 N–H and O–H groups in total. The van der Waals surface area contributed by atoms with Crippen molar-refractivity contribution in [1.29, 1.82) is 0 Å². The lowest BCUT2D eigenvalue weighted by molar-refractivity contribution is -0.109. The number of carbonyl (C=O) groups excluding carboxylic acids is 1. The van der Waals surface area contributed by atoms with Crippen LogP contribution in [0.2, 0.25) is 0 Å². The van der Waals surface area contributed by atoms with Gasteiger partial charge in [-0.2, -0.15) is 5.10 Å². The van der Waals surface area contributed by atoms with Crippen molar-refractivity contribution >= 4 is 29.0 Å². The van der Waals surface area contributed by atoms with Gasteiger partial charge in [0.2, 0.25) is 0 Å². The van der Waals surface area contributed by atoms with Gasteiger partial charge in [-0.15, -0.1) is 0 Å². The van der Waals surface area contributed by atoms with E-state index < -0.39 is 17.3 Å². The maximum atomic E-state index is 14.2. The van der Waals surface area contributed by atoms with Crippen molar-refractivity contribution in [2.75, 3.05) is 11.1 Å². The molecule has 0 spiro atoms. The number of carbonyl (C=O) groups is 1. The second-order valence-electron chi connectivity index (χ2n) is 8.26. The number of nitrogens with two attached hydrogens (primary N) is 1. The van der Waals surface area contributed by atoms with Crippen LogP contribution in [0, 0.1) is 11.6 Å². The normalized spacial score (nSPS) is 16.7. The van der Waals surface area contributed by atoms with Crippen LogP contribution in [0.1, 0.15) is 25.0 Å². The van der Waals surface area contributed by atoms with Crippen LogP contribution in [-0.2, 0) is 16.8 Å². The molecule has 4 heterocycles. The van der Waals surface area contributed by atoms with Crippen LogP contribution in [-0.4, -0.2) is 37.1 Å². The number of hydrogen-bond donors (Lipinski definition) is 2. The molecular weight excluding hydrogens is 416 g/mol. The van der Waals surface area contributed by atoms with Gasteiger partial charge >= 0.3 is 0 Å². The van der Waals surface area contributed by atoms with Gasteiger partial charge in [-0.25, -0.2) is 28.4 Å². The average molecular weight is 435 g/mol. The molecule has 8 nitrogen and oxygen atoms in total. The number of hydrogen-bond acceptors (Lipinski definition) is 7. The van der Waals surface area contributed by atoms with E-state index >= 15 is 0 Å². The second kappa shape index (κ2) is 7.04. The zero-order chi connectivity index (χ0) is 22.6. The maximum Gasteiger partial charge on any atom is 0.184 e. The summed E-state index contributed by atoms with van der Waals surface area (Å²) < 4.78 is 29.7. The molecule has 32 heavy (non-hydrogen) atoms. The standard InChI is InChI=1S/C22H19F2N7O/c1-22(2)15(10-32)27-19-16(22)18(25)28-20(29-19)17-13-7-12(23)8-26-21(13)31(30-17)9-11-5-3-4-6-14(11)24/h3-8,10,15H,9H2,1-2H3,(H3,25,27,28,29). The number of halogens is 2. The number of rotatable bonds is 4. The lowest BCUT2D eigenvalue weighted by atomic mass is 9.82. The highest BCUT2D eigenvalue weighted by Gasteiger charge is 2.43. The van der Waals surface area contributed by atoms with Crippen molar-refractivity contribution in [3.63, 3.8) is 0 Å². The van der Waals surface area contributed by atoms with E-state index in [1.54, 1.807) is 18.2 Å². The number of aldehydes is 1. The number of pyridine rings is 1. The highest BCUT2D eigenvalue weighted by molar-refractivity contribution is 5.90. The van der Waals surface area contributed by atoms with Crippen LogP contribution >= 0.6 is 0 Å². The van der Waals surface area contributed by atoms with Crippen LogP contribution in [0.5, 0.6) is 0 Å². The summed E-state index contributed by atoms with van der Waals surface area (Å²) in [4.78, 5) is 24.6. The minimum atomic E-state index is -0.598. The number of aromatic nitrogens is 5. The fourth-order valence-electron chi connectivity index (χ4n) is 4.11. The van der Waals surface area contributed by atoms with Gasteiger partial charge in [0, 0.05) is 16.5 Å². The molecular formula is C22H19F2N7O. The third-order valence-corrected chi connectivity index (χ3v) is 5.83. The van der Waals surface area contributed by atoms with Crippen molar-refractivity contribution in [2.24, 2.45) is 0 Å². The van der Waals surface area contributed by atoms with E-state index in [0.717, 1.165) is 12.5 Å². The quantitative estimate of drug-likeness (QED) is 0.474. The minimum Gasteiger partial charge on any atom is -0.383 e. The van der Waals surface area contributed by atoms with E-state index in [2.05, 4.69) is 25.4 Å². The second-order valence-corrected chi connectivity index (χ2v) is 8.26. The zero-order valence-corrected chi connectivity index (χ0v) is 17.3. The number of anilines is 2. The first-order valence-corrected chi connectivity index (χ1v) is 9.95. The monoisotopic (exact) mass is 435 g/mol. The van der Waals surface area contributed by atoms with Crippen molar-refractivity contribution in [3.05, 3.63) is 59.3 Å². The Morgan fingerprint density at radius 2 is 2.03 bits per heavy atom. The molecule has 0 amide bonds. The van der Waals surface area contributed by atoms with Gasteiger partial charge in [-0.3, -0.25) is 0 Å². The molecule has 0 saturated heterocycles. The van der Waals surface area contributed by atoms with E-state index in [0.29, 0.717) is 28.0 Å². The van der Waals surface area contributed by atoms with Crippen LogP contribution < -0.4 is 11.1 Å². The van der Waals surface area contributed by atoms with E-state index in [9.17, 15) is 13.6 Å². The molecule has 0 aliphatic carbocycles. The average Bonchev–Trinajstić information content (AvgIpc) is 3.23. The molecule has 0 fully saturated rings. The van der Waals surface area contributed by atoms with Crippen LogP contribution in [0.15, 0.2) is 36.5 Å². The van der Waals surface area contributed by atoms with Crippen LogP contribution in [0.25, 0.3) is 22.6 Å². The first-order valence-electron chi connectivity index (χ1n) is 9.95. The summed E-state index contributed by atoms with van der Waals surface area (Å²) in [6, 6.07) is 7.08. The van der Waals surface area contributed by atoms with Gasteiger partial charge in [-0.1, -0.05) is 32.0 Å². The number of fused-ring (bicyclic) bond motifs is 2. The van der Waals surface area contributed by atoms with Crippen molar-refractivity contribution < 1.29 is 13.6 Å².